The Labute approximate surface area is 170 Å². The number of anilines is 1. The Morgan fingerprint density at radius 1 is 1.03 bits per heavy atom. The summed E-state index contributed by atoms with van der Waals surface area (Å²) in [5.41, 5.74) is 3.74. The molecule has 0 aliphatic carbocycles. The molecule has 150 valence electrons. The Bertz CT molecular complexity index is 921. The predicted molar refractivity (Wildman–Crippen MR) is 111 cm³/mol. The number of likely N-dealkylation sites (tertiary alicyclic amines) is 1. The van der Waals surface area contributed by atoms with Crippen LogP contribution in [0, 0.1) is 0 Å². The zero-order chi connectivity index (χ0) is 20.1. The highest BCUT2D eigenvalue weighted by atomic mass is 16.1. The number of carbonyl (C=O) groups excluding carboxylic acids is 1. The molecule has 1 fully saturated rings. The number of aromatic nitrogens is 4. The molecule has 1 N–H and O–H groups in total. The van der Waals surface area contributed by atoms with Gasteiger partial charge in [-0.25, -0.2) is 4.68 Å². The second-order valence-corrected chi connectivity index (χ2v) is 7.67. The van der Waals surface area contributed by atoms with Crippen LogP contribution >= 0.6 is 0 Å². The van der Waals surface area contributed by atoms with E-state index in [0.717, 1.165) is 17.8 Å². The number of nitrogens with zero attached hydrogens (tertiary/aromatic N) is 5. The van der Waals surface area contributed by atoms with Crippen molar-refractivity contribution in [2.45, 2.75) is 45.3 Å². The second-order valence-electron chi connectivity index (χ2n) is 7.67. The minimum atomic E-state index is -0.114. The van der Waals surface area contributed by atoms with Crippen molar-refractivity contribution in [2.75, 3.05) is 11.9 Å². The molecule has 7 heteroatoms. The molecule has 0 spiro atoms. The van der Waals surface area contributed by atoms with Gasteiger partial charge in [-0.15, -0.1) is 5.10 Å². The fraction of sp³-hybridized carbons (Fsp3) is 0.364. The lowest BCUT2D eigenvalue weighted by Gasteiger charge is -2.33. The van der Waals surface area contributed by atoms with Gasteiger partial charge in [0, 0.05) is 23.8 Å². The van der Waals surface area contributed by atoms with Crippen molar-refractivity contribution in [2.24, 2.45) is 0 Å². The second kappa shape index (κ2) is 8.96. The molecular formula is C22H26N6O. The molecular weight excluding hydrogens is 364 g/mol. The third-order valence-corrected chi connectivity index (χ3v) is 5.49. The van der Waals surface area contributed by atoms with Gasteiger partial charge >= 0.3 is 0 Å². The van der Waals surface area contributed by atoms with Crippen LogP contribution in [0.15, 0.2) is 54.9 Å². The first kappa shape index (κ1) is 19.3. The highest BCUT2D eigenvalue weighted by Gasteiger charge is 2.18. The smallest absolute Gasteiger partial charge is 0.255 e. The standard InChI is InChI=1S/C22H26N6O/c1-17-4-2-3-13-27(17)14-18-7-11-21(12-8-18)24-22(29)20-9-5-19(6-10-20)15-28-16-23-25-26-28/h5-12,16-17H,2-4,13-15H2,1H3,(H,24,29). The number of hydrogen-bond acceptors (Lipinski definition) is 5. The molecule has 7 nitrogen and oxygen atoms in total. The molecule has 2 heterocycles. The average molecular weight is 390 g/mol. The van der Waals surface area contributed by atoms with E-state index < -0.39 is 0 Å². The molecule has 1 amide bonds. The van der Waals surface area contributed by atoms with Crippen molar-refractivity contribution < 1.29 is 4.79 Å². The summed E-state index contributed by atoms with van der Waals surface area (Å²) < 4.78 is 1.64. The van der Waals surface area contributed by atoms with Gasteiger partial charge < -0.3 is 5.32 Å². The van der Waals surface area contributed by atoms with Gasteiger partial charge in [-0.05, 0) is 72.1 Å². The van der Waals surface area contributed by atoms with E-state index in [1.165, 1.54) is 31.4 Å². The van der Waals surface area contributed by atoms with Crippen LogP contribution in [0.4, 0.5) is 5.69 Å². The van der Waals surface area contributed by atoms with Crippen molar-refractivity contribution in [3.8, 4) is 0 Å². The summed E-state index contributed by atoms with van der Waals surface area (Å²) in [6.07, 6.45) is 5.47. The molecule has 1 aliphatic heterocycles. The highest BCUT2D eigenvalue weighted by molar-refractivity contribution is 6.04. The lowest BCUT2D eigenvalue weighted by atomic mass is 10.0. The van der Waals surface area contributed by atoms with Crippen LogP contribution in [0.25, 0.3) is 0 Å². The van der Waals surface area contributed by atoms with Gasteiger partial charge in [-0.1, -0.05) is 30.7 Å². The quantitative estimate of drug-likeness (QED) is 0.699. The first-order valence-corrected chi connectivity index (χ1v) is 10.1. The lowest BCUT2D eigenvalue weighted by Crippen LogP contribution is -2.36. The number of carbonyl (C=O) groups is 1. The molecule has 1 atom stereocenters. The molecule has 1 aliphatic rings. The van der Waals surface area contributed by atoms with Gasteiger partial charge in [0.1, 0.15) is 6.33 Å². The first-order chi connectivity index (χ1) is 14.2. The van der Waals surface area contributed by atoms with Crippen LogP contribution in [-0.2, 0) is 13.1 Å². The number of rotatable bonds is 6. The van der Waals surface area contributed by atoms with E-state index >= 15 is 0 Å². The summed E-state index contributed by atoms with van der Waals surface area (Å²) >= 11 is 0. The molecule has 2 aromatic carbocycles. The van der Waals surface area contributed by atoms with E-state index in [1.54, 1.807) is 11.0 Å². The average Bonchev–Trinajstić information content (AvgIpc) is 3.25. The molecule has 1 saturated heterocycles. The van der Waals surface area contributed by atoms with Gasteiger partial charge in [-0.2, -0.15) is 0 Å². The summed E-state index contributed by atoms with van der Waals surface area (Å²) in [6.45, 7) is 5.02. The Kier molecular flexibility index (Phi) is 5.95. The number of piperidine rings is 1. The van der Waals surface area contributed by atoms with E-state index in [2.05, 4.69) is 44.8 Å². The number of nitrogens with one attached hydrogen (secondary N) is 1. The summed E-state index contributed by atoms with van der Waals surface area (Å²) in [5.74, 6) is -0.114. The molecule has 4 rings (SSSR count). The van der Waals surface area contributed by atoms with E-state index in [0.29, 0.717) is 18.2 Å². The van der Waals surface area contributed by atoms with Crippen LogP contribution in [-0.4, -0.2) is 43.6 Å². The van der Waals surface area contributed by atoms with E-state index in [1.807, 2.05) is 36.4 Å². The number of tetrazole rings is 1. The summed E-state index contributed by atoms with van der Waals surface area (Å²) in [5, 5.41) is 14.1. The van der Waals surface area contributed by atoms with Crippen molar-refractivity contribution >= 4 is 11.6 Å². The maximum absolute atomic E-state index is 12.5. The Morgan fingerprint density at radius 3 is 2.45 bits per heavy atom. The largest absolute Gasteiger partial charge is 0.322 e. The van der Waals surface area contributed by atoms with Crippen LogP contribution in [0.1, 0.15) is 47.7 Å². The van der Waals surface area contributed by atoms with Crippen molar-refractivity contribution in [3.63, 3.8) is 0 Å². The van der Waals surface area contributed by atoms with Gasteiger partial charge in [0.05, 0.1) is 6.54 Å². The minimum Gasteiger partial charge on any atom is -0.322 e. The highest BCUT2D eigenvalue weighted by Crippen LogP contribution is 2.20. The van der Waals surface area contributed by atoms with Gasteiger partial charge in [0.15, 0.2) is 0 Å². The van der Waals surface area contributed by atoms with Crippen LogP contribution in [0.3, 0.4) is 0 Å². The summed E-state index contributed by atoms with van der Waals surface area (Å²) in [4.78, 5) is 15.1. The maximum atomic E-state index is 12.5. The Balaban J connectivity index is 1.33. The number of hydrogen-bond donors (Lipinski definition) is 1. The third kappa shape index (κ3) is 5.06. The number of benzene rings is 2. The van der Waals surface area contributed by atoms with E-state index in [-0.39, 0.29) is 5.91 Å². The van der Waals surface area contributed by atoms with E-state index in [4.69, 9.17) is 0 Å². The third-order valence-electron chi connectivity index (χ3n) is 5.49. The zero-order valence-corrected chi connectivity index (χ0v) is 16.7. The molecule has 1 aromatic heterocycles. The maximum Gasteiger partial charge on any atom is 0.255 e. The molecule has 0 bridgehead atoms. The van der Waals surface area contributed by atoms with Crippen molar-refractivity contribution in [1.29, 1.82) is 0 Å². The monoisotopic (exact) mass is 390 g/mol. The molecule has 3 aromatic rings. The van der Waals surface area contributed by atoms with Crippen molar-refractivity contribution in [3.05, 3.63) is 71.5 Å². The van der Waals surface area contributed by atoms with Crippen LogP contribution in [0.5, 0.6) is 0 Å². The van der Waals surface area contributed by atoms with Crippen molar-refractivity contribution in [1.82, 2.24) is 25.1 Å². The van der Waals surface area contributed by atoms with Gasteiger partial charge in [0.2, 0.25) is 0 Å². The fourth-order valence-electron chi connectivity index (χ4n) is 3.73. The first-order valence-electron chi connectivity index (χ1n) is 10.1. The Morgan fingerprint density at radius 2 is 1.76 bits per heavy atom. The molecule has 1 unspecified atom stereocenters. The molecule has 0 radical (unpaired) electrons. The summed E-state index contributed by atoms with van der Waals surface area (Å²) in [7, 11) is 0. The van der Waals surface area contributed by atoms with Crippen LogP contribution < -0.4 is 5.32 Å². The molecule has 0 saturated carbocycles. The fourth-order valence-corrected chi connectivity index (χ4v) is 3.73. The SMILES string of the molecule is CC1CCCCN1Cc1ccc(NC(=O)c2ccc(Cn3cnnn3)cc2)cc1. The molecule has 29 heavy (non-hydrogen) atoms. The van der Waals surface area contributed by atoms with Crippen LogP contribution in [0.2, 0.25) is 0 Å². The zero-order valence-electron chi connectivity index (χ0n) is 16.7. The predicted octanol–water partition coefficient (Wildman–Crippen LogP) is 3.35. The Hall–Kier alpha value is -3.06. The minimum absolute atomic E-state index is 0.114. The summed E-state index contributed by atoms with van der Waals surface area (Å²) in [6, 6.07) is 16.3. The number of amides is 1. The van der Waals surface area contributed by atoms with Gasteiger partial charge in [-0.3, -0.25) is 9.69 Å². The van der Waals surface area contributed by atoms with Gasteiger partial charge in [0.25, 0.3) is 5.91 Å². The normalized spacial score (nSPS) is 17.2. The lowest BCUT2D eigenvalue weighted by molar-refractivity contribution is 0.102. The van der Waals surface area contributed by atoms with E-state index in [9.17, 15) is 4.79 Å². The topological polar surface area (TPSA) is 75.9 Å².